The average molecular weight is 596 g/mol. The number of hydrogen-bond acceptors (Lipinski definition) is 7. The lowest BCUT2D eigenvalue weighted by Crippen LogP contribution is -2.54. The summed E-state index contributed by atoms with van der Waals surface area (Å²) in [7, 11) is 0. The van der Waals surface area contributed by atoms with Gasteiger partial charge in [-0.15, -0.1) is 0 Å². The normalized spacial score (nSPS) is 12.9. The number of aromatic amines is 1. The predicted octanol–water partition coefficient (Wildman–Crippen LogP) is -0.758. The molecule has 5 amide bonds. The van der Waals surface area contributed by atoms with Crippen LogP contribution in [0.3, 0.4) is 0 Å². The quantitative estimate of drug-likeness (QED) is 0.110. The summed E-state index contributed by atoms with van der Waals surface area (Å²) in [5.74, 6) is -3.97. The number of para-hydroxylation sites is 1. The van der Waals surface area contributed by atoms with E-state index in [4.69, 9.17) is 11.5 Å². The second-order valence-electron chi connectivity index (χ2n) is 9.76. The van der Waals surface area contributed by atoms with Crippen molar-refractivity contribution in [3.05, 3.63) is 81.0 Å². The molecule has 3 aromatic rings. The van der Waals surface area contributed by atoms with Gasteiger partial charge >= 0.3 is 17.7 Å². The summed E-state index contributed by atoms with van der Waals surface area (Å²) in [6.07, 6.45) is -0.660. The molecule has 15 heteroatoms. The van der Waals surface area contributed by atoms with Crippen LogP contribution in [0.4, 0.5) is 4.79 Å². The van der Waals surface area contributed by atoms with Gasteiger partial charge in [-0.3, -0.25) is 19.2 Å². The number of urea groups is 1. The van der Waals surface area contributed by atoms with Gasteiger partial charge in [0.2, 0.25) is 17.7 Å². The molecule has 0 spiro atoms. The molecule has 0 saturated carbocycles. The van der Waals surface area contributed by atoms with E-state index in [1.54, 1.807) is 48.5 Å². The van der Waals surface area contributed by atoms with Crippen LogP contribution in [0, 0.1) is 0 Å². The van der Waals surface area contributed by atoms with E-state index in [1.165, 1.54) is 6.07 Å². The van der Waals surface area contributed by atoms with E-state index in [0.29, 0.717) is 5.56 Å². The van der Waals surface area contributed by atoms with Crippen molar-refractivity contribution in [1.29, 1.82) is 0 Å². The van der Waals surface area contributed by atoms with Gasteiger partial charge in [0.1, 0.15) is 18.1 Å². The third-order valence-corrected chi connectivity index (χ3v) is 6.62. The standard InChI is InChI=1S/C28H33N7O8/c29-22(36)13-12-19(23(37)33-20(26(40)41)11-6-14-31-27(30)42)32-24(38)21(15-16-7-2-1-3-8-16)35-25(39)17-9-4-5-10-18(17)34-28(35)43/h1-5,7-10,19-21H,6,11-15H2,(H2,29,36)(H,32,38)(H,33,37)(H,34,43)(H,40,41)(H3,30,31,42)/t19-,20-,21-/m0/s1. The molecule has 9 N–H and O–H groups in total. The fourth-order valence-corrected chi connectivity index (χ4v) is 4.47. The van der Waals surface area contributed by atoms with Gasteiger partial charge in [-0.1, -0.05) is 42.5 Å². The number of hydrogen-bond donors (Lipinski definition) is 7. The Bertz CT molecular complexity index is 1600. The zero-order chi connectivity index (χ0) is 31.5. The number of H-pyrrole nitrogens is 1. The lowest BCUT2D eigenvalue weighted by Gasteiger charge is -2.25. The van der Waals surface area contributed by atoms with Crippen LogP contribution in [-0.2, 0) is 25.6 Å². The molecule has 3 rings (SSSR count). The number of nitrogens with one attached hydrogen (secondary N) is 4. The highest BCUT2D eigenvalue weighted by molar-refractivity contribution is 5.92. The molecule has 2 aromatic carbocycles. The Labute approximate surface area is 244 Å². The van der Waals surface area contributed by atoms with Crippen molar-refractivity contribution in [2.45, 2.75) is 50.2 Å². The van der Waals surface area contributed by atoms with E-state index in [0.717, 1.165) is 4.57 Å². The number of aliphatic carboxylic acids is 1. The Hall–Kier alpha value is -5.47. The topological polar surface area (TPSA) is 249 Å². The molecule has 15 nitrogen and oxygen atoms in total. The van der Waals surface area contributed by atoms with Gasteiger partial charge in [-0.25, -0.2) is 19.0 Å². The lowest BCUT2D eigenvalue weighted by atomic mass is 10.0. The summed E-state index contributed by atoms with van der Waals surface area (Å²) in [4.78, 5) is 90.3. The van der Waals surface area contributed by atoms with Crippen molar-refractivity contribution in [3.63, 3.8) is 0 Å². The smallest absolute Gasteiger partial charge is 0.329 e. The molecule has 0 saturated heterocycles. The first-order chi connectivity index (χ1) is 20.5. The van der Waals surface area contributed by atoms with Gasteiger partial charge in [0, 0.05) is 19.4 Å². The number of amides is 5. The summed E-state index contributed by atoms with van der Waals surface area (Å²) >= 11 is 0. The first-order valence-electron chi connectivity index (χ1n) is 13.4. The van der Waals surface area contributed by atoms with Gasteiger partial charge in [0.15, 0.2) is 0 Å². The van der Waals surface area contributed by atoms with E-state index in [2.05, 4.69) is 20.9 Å². The van der Waals surface area contributed by atoms with E-state index in [1.807, 2.05) is 0 Å². The minimum absolute atomic E-state index is 0.0625. The van der Waals surface area contributed by atoms with Crippen molar-refractivity contribution >= 4 is 40.6 Å². The molecule has 1 heterocycles. The van der Waals surface area contributed by atoms with Gasteiger partial charge in [0.25, 0.3) is 5.56 Å². The van der Waals surface area contributed by atoms with Gasteiger partial charge < -0.3 is 37.5 Å². The predicted molar refractivity (Wildman–Crippen MR) is 155 cm³/mol. The molecule has 0 unspecified atom stereocenters. The van der Waals surface area contributed by atoms with Crippen molar-refractivity contribution in [3.8, 4) is 0 Å². The second kappa shape index (κ2) is 15.0. The molecule has 0 aliphatic heterocycles. The van der Waals surface area contributed by atoms with Crippen molar-refractivity contribution < 1.29 is 29.1 Å². The van der Waals surface area contributed by atoms with Crippen molar-refractivity contribution in [1.82, 2.24) is 25.5 Å². The SMILES string of the molecule is NC(=O)CC[C@H](NC(=O)[C@H](Cc1ccccc1)n1c(=O)[nH]c2ccccc2c1=O)C(=O)N[C@@H](CCCNC(N)=O)C(=O)O. The minimum atomic E-state index is -1.45. The summed E-state index contributed by atoms with van der Waals surface area (Å²) in [6.45, 7) is 0.0625. The summed E-state index contributed by atoms with van der Waals surface area (Å²) < 4.78 is 0.763. The average Bonchev–Trinajstić information content (AvgIpc) is 2.96. The fourth-order valence-electron chi connectivity index (χ4n) is 4.47. The molecular formula is C28H33N7O8. The van der Waals surface area contributed by atoms with Crippen LogP contribution in [0.5, 0.6) is 0 Å². The molecule has 43 heavy (non-hydrogen) atoms. The Balaban J connectivity index is 1.93. The number of nitrogens with zero attached hydrogens (tertiary/aromatic N) is 1. The van der Waals surface area contributed by atoms with E-state index < -0.39 is 59.1 Å². The number of rotatable bonds is 15. The molecule has 0 radical (unpaired) electrons. The van der Waals surface area contributed by atoms with Crippen LogP contribution in [0.15, 0.2) is 64.2 Å². The molecule has 0 aliphatic carbocycles. The number of carboxylic acid groups (broad SMARTS) is 1. The maximum absolute atomic E-state index is 13.8. The number of carbonyl (C=O) groups excluding carboxylic acids is 4. The third-order valence-electron chi connectivity index (χ3n) is 6.62. The zero-order valence-corrected chi connectivity index (χ0v) is 23.1. The first-order valence-corrected chi connectivity index (χ1v) is 13.4. The number of carbonyl (C=O) groups is 5. The van der Waals surface area contributed by atoms with E-state index in [9.17, 15) is 38.7 Å². The van der Waals surface area contributed by atoms with Gasteiger partial charge in [-0.05, 0) is 37.0 Å². The number of fused-ring (bicyclic) bond motifs is 1. The number of benzene rings is 2. The molecule has 0 fully saturated rings. The Morgan fingerprint density at radius 1 is 0.860 bits per heavy atom. The van der Waals surface area contributed by atoms with Crippen LogP contribution in [0.25, 0.3) is 10.9 Å². The second-order valence-corrected chi connectivity index (χ2v) is 9.76. The first kappa shape index (κ1) is 32.0. The van der Waals surface area contributed by atoms with Crippen LogP contribution in [0.2, 0.25) is 0 Å². The molecule has 3 atom stereocenters. The summed E-state index contributed by atoms with van der Waals surface area (Å²) in [5, 5.41) is 16.9. The van der Waals surface area contributed by atoms with Crippen molar-refractivity contribution in [2.75, 3.05) is 6.54 Å². The molecule has 0 bridgehead atoms. The highest BCUT2D eigenvalue weighted by Crippen LogP contribution is 2.15. The Kier molecular flexibility index (Phi) is 11.1. The zero-order valence-electron chi connectivity index (χ0n) is 23.1. The lowest BCUT2D eigenvalue weighted by molar-refractivity contribution is -0.142. The monoisotopic (exact) mass is 595 g/mol. The minimum Gasteiger partial charge on any atom is -0.480 e. The number of carboxylic acids is 1. The van der Waals surface area contributed by atoms with Crippen LogP contribution in [0.1, 0.15) is 37.3 Å². The largest absolute Gasteiger partial charge is 0.480 e. The number of aromatic nitrogens is 2. The molecule has 228 valence electrons. The molecule has 1 aromatic heterocycles. The van der Waals surface area contributed by atoms with Gasteiger partial charge in [0.05, 0.1) is 10.9 Å². The number of nitrogens with two attached hydrogens (primary N) is 2. The highest BCUT2D eigenvalue weighted by atomic mass is 16.4. The van der Waals surface area contributed by atoms with Crippen molar-refractivity contribution in [2.24, 2.45) is 11.5 Å². The van der Waals surface area contributed by atoms with E-state index in [-0.39, 0.29) is 49.6 Å². The maximum atomic E-state index is 13.8. The number of primary amides is 2. The van der Waals surface area contributed by atoms with Crippen LogP contribution < -0.4 is 38.7 Å². The van der Waals surface area contributed by atoms with Crippen LogP contribution >= 0.6 is 0 Å². The fraction of sp³-hybridized carbons (Fsp3) is 0.321. The Morgan fingerprint density at radius 3 is 2.16 bits per heavy atom. The summed E-state index contributed by atoms with van der Waals surface area (Å²) in [6, 6.07) is 9.78. The molecular weight excluding hydrogens is 562 g/mol. The maximum Gasteiger partial charge on any atom is 0.329 e. The molecule has 0 aliphatic rings. The Morgan fingerprint density at radius 2 is 1.51 bits per heavy atom. The van der Waals surface area contributed by atoms with Crippen LogP contribution in [-0.4, -0.2) is 63.0 Å². The van der Waals surface area contributed by atoms with E-state index >= 15 is 0 Å². The van der Waals surface area contributed by atoms with Gasteiger partial charge in [-0.2, -0.15) is 0 Å². The third kappa shape index (κ3) is 9.01. The summed E-state index contributed by atoms with van der Waals surface area (Å²) in [5.41, 5.74) is 9.55. The highest BCUT2D eigenvalue weighted by Gasteiger charge is 2.31.